The van der Waals surface area contributed by atoms with Crippen molar-refractivity contribution in [2.24, 2.45) is 0 Å². The zero-order valence-corrected chi connectivity index (χ0v) is 21.3. The molecular formula is C27H32FN5O5. The van der Waals surface area contributed by atoms with Crippen molar-refractivity contribution >= 4 is 35.1 Å². The predicted octanol–water partition coefficient (Wildman–Crippen LogP) is 1.48. The van der Waals surface area contributed by atoms with Gasteiger partial charge in [-0.15, -0.1) is 0 Å². The van der Waals surface area contributed by atoms with Crippen LogP contribution in [0, 0.1) is 5.82 Å². The van der Waals surface area contributed by atoms with Crippen LogP contribution in [0.5, 0.6) is 0 Å². The summed E-state index contributed by atoms with van der Waals surface area (Å²) in [5, 5.41) is 5.45. The fourth-order valence-electron chi connectivity index (χ4n) is 4.65. The van der Waals surface area contributed by atoms with E-state index in [0.717, 1.165) is 0 Å². The van der Waals surface area contributed by atoms with Gasteiger partial charge in [0.25, 0.3) is 0 Å². The second-order valence-corrected chi connectivity index (χ2v) is 9.16. The number of carbonyl (C=O) groups excluding carboxylic acids is 4. The number of ether oxygens (including phenoxy) is 1. The molecule has 0 bridgehead atoms. The Hall–Kier alpha value is -3.99. The van der Waals surface area contributed by atoms with Gasteiger partial charge in [-0.1, -0.05) is 12.1 Å². The monoisotopic (exact) mass is 525 g/mol. The number of amides is 3. The molecule has 11 heteroatoms. The number of benzene rings is 2. The van der Waals surface area contributed by atoms with E-state index in [-0.39, 0.29) is 37.2 Å². The summed E-state index contributed by atoms with van der Waals surface area (Å²) in [6, 6.07) is 11.9. The van der Waals surface area contributed by atoms with Crippen molar-refractivity contribution < 1.29 is 28.3 Å². The Kier molecular flexibility index (Phi) is 8.90. The van der Waals surface area contributed by atoms with Crippen molar-refractivity contribution in [1.29, 1.82) is 0 Å². The minimum atomic E-state index is -0.922. The van der Waals surface area contributed by atoms with E-state index in [1.54, 1.807) is 49.4 Å². The molecule has 2 fully saturated rings. The van der Waals surface area contributed by atoms with Crippen LogP contribution in [0.15, 0.2) is 48.5 Å². The summed E-state index contributed by atoms with van der Waals surface area (Å²) in [6.45, 7) is 5.04. The van der Waals surface area contributed by atoms with Crippen molar-refractivity contribution in [3.63, 3.8) is 0 Å². The molecule has 2 saturated heterocycles. The number of para-hydroxylation sites is 1. The number of halogens is 1. The summed E-state index contributed by atoms with van der Waals surface area (Å²) in [4.78, 5) is 55.7. The molecule has 0 unspecified atom stereocenters. The molecule has 38 heavy (non-hydrogen) atoms. The molecule has 2 N–H and O–H groups in total. The highest BCUT2D eigenvalue weighted by Gasteiger charge is 2.35. The van der Waals surface area contributed by atoms with Crippen LogP contribution >= 0.6 is 0 Å². The van der Waals surface area contributed by atoms with Gasteiger partial charge in [0.05, 0.1) is 30.8 Å². The third-order valence-electron chi connectivity index (χ3n) is 6.63. The lowest BCUT2D eigenvalue weighted by molar-refractivity contribution is -0.145. The number of esters is 1. The first-order chi connectivity index (χ1) is 18.4. The van der Waals surface area contributed by atoms with Gasteiger partial charge < -0.3 is 25.2 Å². The zero-order valence-electron chi connectivity index (χ0n) is 21.3. The fourth-order valence-corrected chi connectivity index (χ4v) is 4.65. The number of rotatable bonds is 8. The SMILES string of the molecule is CCOC(=O)c1ccc(NC(=O)C[C@H]2C(=O)NCCN2C(=O)CN2CCN(c3ccccc3F)CC2)cc1. The second kappa shape index (κ2) is 12.5. The first-order valence-corrected chi connectivity index (χ1v) is 12.7. The van der Waals surface area contributed by atoms with Crippen LogP contribution < -0.4 is 15.5 Å². The average molecular weight is 526 g/mol. The number of hydrogen-bond donors (Lipinski definition) is 2. The van der Waals surface area contributed by atoms with Crippen LogP contribution in [0.2, 0.25) is 0 Å². The standard InChI is InChI=1S/C27H32FN5O5/c1-2-38-27(37)19-7-9-20(10-8-19)30-24(34)17-23-26(36)29-11-12-33(23)25(35)18-31-13-15-32(16-14-31)22-6-4-3-5-21(22)28/h3-10,23H,2,11-18H2,1H3,(H,29,36)(H,30,34)/t23-/m0/s1. The maximum absolute atomic E-state index is 14.1. The molecule has 2 aliphatic heterocycles. The first kappa shape index (κ1) is 27.1. The number of anilines is 2. The van der Waals surface area contributed by atoms with Crippen molar-refractivity contribution in [2.75, 3.05) is 62.6 Å². The van der Waals surface area contributed by atoms with Gasteiger partial charge in [0.2, 0.25) is 17.7 Å². The maximum Gasteiger partial charge on any atom is 0.338 e. The van der Waals surface area contributed by atoms with Crippen LogP contribution in [0.25, 0.3) is 0 Å². The Morgan fingerprint density at radius 3 is 2.42 bits per heavy atom. The molecule has 10 nitrogen and oxygen atoms in total. The summed E-state index contributed by atoms with van der Waals surface area (Å²) in [6.07, 6.45) is -0.196. The molecule has 2 aromatic rings. The van der Waals surface area contributed by atoms with E-state index in [2.05, 4.69) is 10.6 Å². The molecule has 0 spiro atoms. The normalized spacial score (nSPS) is 18.1. The second-order valence-electron chi connectivity index (χ2n) is 9.16. The van der Waals surface area contributed by atoms with Gasteiger partial charge in [0, 0.05) is 45.0 Å². The van der Waals surface area contributed by atoms with Crippen molar-refractivity contribution in [2.45, 2.75) is 19.4 Å². The van der Waals surface area contributed by atoms with E-state index in [9.17, 15) is 23.6 Å². The minimum absolute atomic E-state index is 0.117. The van der Waals surface area contributed by atoms with Crippen molar-refractivity contribution in [1.82, 2.24) is 15.1 Å². The van der Waals surface area contributed by atoms with Gasteiger partial charge in [-0.2, -0.15) is 0 Å². The number of nitrogens with one attached hydrogen (secondary N) is 2. The van der Waals surface area contributed by atoms with Gasteiger partial charge in [-0.05, 0) is 43.3 Å². The molecule has 0 aliphatic carbocycles. The Balaban J connectivity index is 1.31. The molecule has 2 aliphatic rings. The molecule has 4 rings (SSSR count). The molecular weight excluding hydrogens is 493 g/mol. The zero-order chi connectivity index (χ0) is 27.1. The third kappa shape index (κ3) is 6.65. The number of carbonyl (C=O) groups is 4. The quantitative estimate of drug-likeness (QED) is 0.503. The highest BCUT2D eigenvalue weighted by atomic mass is 19.1. The predicted molar refractivity (Wildman–Crippen MR) is 139 cm³/mol. The molecule has 2 aromatic carbocycles. The van der Waals surface area contributed by atoms with E-state index < -0.39 is 17.9 Å². The molecule has 3 amide bonds. The molecule has 2 heterocycles. The molecule has 1 atom stereocenters. The molecule has 0 saturated carbocycles. The first-order valence-electron chi connectivity index (χ1n) is 12.7. The van der Waals surface area contributed by atoms with Gasteiger partial charge in [-0.3, -0.25) is 19.3 Å². The van der Waals surface area contributed by atoms with E-state index in [0.29, 0.717) is 56.2 Å². The van der Waals surface area contributed by atoms with Crippen LogP contribution in [0.4, 0.5) is 15.8 Å². The summed E-state index contributed by atoms with van der Waals surface area (Å²) >= 11 is 0. The Morgan fingerprint density at radius 1 is 1.03 bits per heavy atom. The lowest BCUT2D eigenvalue weighted by Gasteiger charge is -2.39. The van der Waals surface area contributed by atoms with Gasteiger partial charge in [-0.25, -0.2) is 9.18 Å². The van der Waals surface area contributed by atoms with Crippen molar-refractivity contribution in [3.8, 4) is 0 Å². The lowest BCUT2D eigenvalue weighted by atomic mass is 10.1. The Bertz CT molecular complexity index is 1170. The fraction of sp³-hybridized carbons (Fsp3) is 0.407. The average Bonchev–Trinajstić information content (AvgIpc) is 2.91. The van der Waals surface area contributed by atoms with E-state index in [1.807, 2.05) is 9.80 Å². The van der Waals surface area contributed by atoms with Crippen LogP contribution in [0.1, 0.15) is 23.7 Å². The van der Waals surface area contributed by atoms with Crippen LogP contribution in [0.3, 0.4) is 0 Å². The molecule has 0 aromatic heterocycles. The highest BCUT2D eigenvalue weighted by Crippen LogP contribution is 2.20. The summed E-state index contributed by atoms with van der Waals surface area (Å²) in [5.74, 6) is -1.75. The minimum Gasteiger partial charge on any atom is -0.462 e. The Morgan fingerprint density at radius 2 is 1.74 bits per heavy atom. The smallest absolute Gasteiger partial charge is 0.338 e. The third-order valence-corrected chi connectivity index (χ3v) is 6.63. The number of piperazine rings is 2. The van der Waals surface area contributed by atoms with E-state index in [1.165, 1.54) is 11.0 Å². The van der Waals surface area contributed by atoms with E-state index >= 15 is 0 Å². The van der Waals surface area contributed by atoms with Gasteiger partial charge >= 0.3 is 5.97 Å². The van der Waals surface area contributed by atoms with Crippen LogP contribution in [-0.4, -0.2) is 92.0 Å². The summed E-state index contributed by atoms with van der Waals surface area (Å²) in [7, 11) is 0. The van der Waals surface area contributed by atoms with E-state index in [4.69, 9.17) is 4.74 Å². The number of nitrogens with zero attached hydrogens (tertiary/aromatic N) is 3. The molecule has 0 radical (unpaired) electrons. The number of hydrogen-bond acceptors (Lipinski definition) is 7. The maximum atomic E-state index is 14.1. The highest BCUT2D eigenvalue weighted by molar-refractivity contribution is 5.98. The summed E-state index contributed by atoms with van der Waals surface area (Å²) in [5.41, 5.74) is 1.38. The Labute approximate surface area is 220 Å². The van der Waals surface area contributed by atoms with Crippen molar-refractivity contribution in [3.05, 3.63) is 59.9 Å². The lowest BCUT2D eigenvalue weighted by Crippen LogP contribution is -2.60. The van der Waals surface area contributed by atoms with Gasteiger partial charge in [0.15, 0.2) is 0 Å². The van der Waals surface area contributed by atoms with Gasteiger partial charge in [0.1, 0.15) is 11.9 Å². The van der Waals surface area contributed by atoms with Crippen LogP contribution in [-0.2, 0) is 19.1 Å². The largest absolute Gasteiger partial charge is 0.462 e. The topological polar surface area (TPSA) is 111 Å². The molecule has 202 valence electrons. The summed E-state index contributed by atoms with van der Waals surface area (Å²) < 4.78 is 19.1.